The fraction of sp³-hybridized carbons (Fsp3) is 0.250. The van der Waals surface area contributed by atoms with E-state index in [2.05, 4.69) is 22.0 Å². The molecule has 0 spiro atoms. The zero-order chi connectivity index (χ0) is 15.0. The van der Waals surface area contributed by atoms with E-state index in [-0.39, 0.29) is 0 Å². The van der Waals surface area contributed by atoms with Crippen molar-refractivity contribution in [3.63, 3.8) is 0 Å². The monoisotopic (exact) mass is 353 g/mol. The smallest absolute Gasteiger partial charge is 0.445 e. The molecule has 4 aliphatic carbocycles. The Morgan fingerprint density at radius 2 is 1.33 bits per heavy atom. The summed E-state index contributed by atoms with van der Waals surface area (Å²) in [5, 5.41) is 0. The van der Waals surface area contributed by atoms with Crippen molar-refractivity contribution >= 4 is 28.4 Å². The molecule has 4 bridgehead atoms. The van der Waals surface area contributed by atoms with E-state index < -0.39 is 12.4 Å². The quantitative estimate of drug-likeness (QED) is 0.667. The number of halogens is 4. The minimum atomic E-state index is -4.95. The third kappa shape index (κ3) is 3.18. The van der Waals surface area contributed by atoms with E-state index in [1.54, 1.807) is 6.07 Å². The Labute approximate surface area is 130 Å². The number of aryl methyl sites for hydroxylation is 4. The molecule has 0 aromatic heterocycles. The first-order valence-electron chi connectivity index (χ1n) is 7.02. The van der Waals surface area contributed by atoms with Crippen LogP contribution >= 0.6 is 15.9 Å². The predicted octanol–water partition coefficient (Wildman–Crippen LogP) is 4.39. The van der Waals surface area contributed by atoms with E-state index in [4.69, 9.17) is 0 Å². The number of hydrogen-bond donors (Lipinski definition) is 0. The molecule has 0 N–H and O–H groups in total. The fourth-order valence-corrected chi connectivity index (χ4v) is 3.46. The first-order valence-corrected chi connectivity index (χ1v) is 7.82. The highest BCUT2D eigenvalue weighted by molar-refractivity contribution is 9.10. The van der Waals surface area contributed by atoms with Gasteiger partial charge in [-0.15, -0.1) is 5.46 Å². The lowest BCUT2D eigenvalue weighted by molar-refractivity contribution is 0.500. The molecule has 2 aromatic carbocycles. The van der Waals surface area contributed by atoms with Gasteiger partial charge < -0.3 is 12.9 Å². The third-order valence-corrected chi connectivity index (χ3v) is 4.78. The fourth-order valence-electron chi connectivity index (χ4n) is 2.84. The summed E-state index contributed by atoms with van der Waals surface area (Å²) in [7, 11) is 0. The normalized spacial score (nSPS) is 14.9. The van der Waals surface area contributed by atoms with Crippen molar-refractivity contribution < 1.29 is 12.9 Å². The maximum absolute atomic E-state index is 13.3. The molecule has 0 saturated heterocycles. The highest BCUT2D eigenvalue weighted by Gasteiger charge is 2.28. The second-order valence-corrected chi connectivity index (χ2v) is 6.39. The second-order valence-electron chi connectivity index (χ2n) is 5.53. The summed E-state index contributed by atoms with van der Waals surface area (Å²) in [6.45, 7) is -4.95. The molecule has 0 radical (unpaired) electrons. The first kappa shape index (κ1) is 14.7. The van der Waals surface area contributed by atoms with Gasteiger partial charge in [-0.3, -0.25) is 0 Å². The second kappa shape index (κ2) is 5.52. The Hall–Kier alpha value is -1.23. The van der Waals surface area contributed by atoms with E-state index in [0.717, 1.165) is 27.6 Å². The minimum absolute atomic E-state index is 0.409. The van der Waals surface area contributed by atoms with Crippen LogP contribution in [0.2, 0.25) is 0 Å². The molecular formula is C16H14BBrF3-. The first-order chi connectivity index (χ1) is 9.93. The maximum Gasteiger partial charge on any atom is 0.509 e. The molecule has 21 heavy (non-hydrogen) atoms. The van der Waals surface area contributed by atoms with Gasteiger partial charge in [-0.05, 0) is 42.9 Å². The highest BCUT2D eigenvalue weighted by atomic mass is 79.9. The van der Waals surface area contributed by atoms with Gasteiger partial charge in [0, 0.05) is 4.47 Å². The Morgan fingerprint density at radius 1 is 0.762 bits per heavy atom. The maximum atomic E-state index is 13.3. The van der Waals surface area contributed by atoms with Crippen LogP contribution in [-0.2, 0) is 25.7 Å². The number of rotatable bonds is 1. The average molecular weight is 354 g/mol. The van der Waals surface area contributed by atoms with E-state index in [0.29, 0.717) is 24.8 Å². The largest absolute Gasteiger partial charge is 0.509 e. The van der Waals surface area contributed by atoms with E-state index >= 15 is 0 Å². The molecule has 6 rings (SSSR count). The number of hydrogen-bond acceptors (Lipinski definition) is 0. The molecule has 5 heteroatoms. The summed E-state index contributed by atoms with van der Waals surface area (Å²) in [5.74, 6) is 0. The van der Waals surface area contributed by atoms with Crippen molar-refractivity contribution in [1.82, 2.24) is 0 Å². The van der Waals surface area contributed by atoms with Crippen molar-refractivity contribution in [3.05, 3.63) is 63.1 Å². The average Bonchev–Trinajstić information content (AvgIpc) is 2.41. The van der Waals surface area contributed by atoms with Crippen LogP contribution in [0.4, 0.5) is 12.9 Å². The van der Waals surface area contributed by atoms with Crippen molar-refractivity contribution in [1.29, 1.82) is 0 Å². The number of benzene rings is 2. The van der Waals surface area contributed by atoms with Gasteiger partial charge in [-0.25, -0.2) is 0 Å². The van der Waals surface area contributed by atoms with Gasteiger partial charge in [0.1, 0.15) is 0 Å². The Balaban J connectivity index is 2.06. The zero-order valence-electron chi connectivity index (χ0n) is 11.4. The van der Waals surface area contributed by atoms with Gasteiger partial charge in [0.15, 0.2) is 0 Å². The standard InChI is InChI=1S/C16H14BBrF3/c18-16-10-12-2-6-13-5-1-11(3-7-14(16)8-4-12)9-15(13)17(19,20)21/h1,4-5,8-10H,2-3,6-7H2/q-1. The molecular weight excluding hydrogens is 340 g/mol. The van der Waals surface area contributed by atoms with Crippen LogP contribution in [0.3, 0.4) is 0 Å². The van der Waals surface area contributed by atoms with Crippen LogP contribution in [-0.4, -0.2) is 6.98 Å². The molecule has 0 atom stereocenters. The summed E-state index contributed by atoms with van der Waals surface area (Å²) in [5.41, 5.74) is 2.96. The Bertz CT molecular complexity index is 680. The molecule has 0 unspecified atom stereocenters. The van der Waals surface area contributed by atoms with Crippen molar-refractivity contribution in [2.45, 2.75) is 25.7 Å². The summed E-state index contributed by atoms with van der Waals surface area (Å²) in [6, 6.07) is 11.0. The lowest BCUT2D eigenvalue weighted by atomic mass is 9.74. The van der Waals surface area contributed by atoms with Crippen molar-refractivity contribution in [3.8, 4) is 0 Å². The molecule has 110 valence electrons. The van der Waals surface area contributed by atoms with Crippen LogP contribution in [0.1, 0.15) is 22.3 Å². The van der Waals surface area contributed by atoms with E-state index in [1.807, 2.05) is 18.2 Å². The van der Waals surface area contributed by atoms with Crippen LogP contribution in [0.25, 0.3) is 0 Å². The van der Waals surface area contributed by atoms with Crippen LogP contribution in [0, 0.1) is 0 Å². The molecule has 0 heterocycles. The van der Waals surface area contributed by atoms with Crippen LogP contribution < -0.4 is 5.46 Å². The SMILES string of the molecule is F[B-](F)(F)c1cc2ccc1CCc1ccc(c(Br)c1)CC2. The Kier molecular flexibility index (Phi) is 3.87. The zero-order valence-corrected chi connectivity index (χ0v) is 13.0. The van der Waals surface area contributed by atoms with E-state index in [9.17, 15) is 12.9 Å². The topological polar surface area (TPSA) is 0 Å². The van der Waals surface area contributed by atoms with E-state index in [1.165, 1.54) is 6.07 Å². The molecule has 0 aliphatic heterocycles. The van der Waals surface area contributed by atoms with Crippen LogP contribution in [0.15, 0.2) is 40.9 Å². The lowest BCUT2D eigenvalue weighted by Crippen LogP contribution is -2.37. The molecule has 0 fully saturated rings. The summed E-state index contributed by atoms with van der Waals surface area (Å²) < 4.78 is 40.8. The van der Waals surface area contributed by atoms with Gasteiger partial charge in [0.2, 0.25) is 0 Å². The molecule has 0 amide bonds. The third-order valence-electron chi connectivity index (χ3n) is 4.05. The van der Waals surface area contributed by atoms with Gasteiger partial charge >= 0.3 is 6.98 Å². The summed E-state index contributed by atoms with van der Waals surface area (Å²) in [4.78, 5) is 0. The van der Waals surface area contributed by atoms with Crippen molar-refractivity contribution in [2.24, 2.45) is 0 Å². The van der Waals surface area contributed by atoms with Gasteiger partial charge in [-0.2, -0.15) is 0 Å². The minimum Gasteiger partial charge on any atom is -0.445 e. The van der Waals surface area contributed by atoms with Gasteiger partial charge in [0.25, 0.3) is 0 Å². The summed E-state index contributed by atoms with van der Waals surface area (Å²) >= 11 is 3.56. The Morgan fingerprint density at radius 3 is 1.95 bits per heavy atom. The highest BCUT2D eigenvalue weighted by Crippen LogP contribution is 2.24. The van der Waals surface area contributed by atoms with Crippen molar-refractivity contribution in [2.75, 3.05) is 0 Å². The lowest BCUT2D eigenvalue weighted by Gasteiger charge is -2.22. The summed E-state index contributed by atoms with van der Waals surface area (Å²) in [6.07, 6.45) is 2.40. The van der Waals surface area contributed by atoms with Crippen LogP contribution in [0.5, 0.6) is 0 Å². The van der Waals surface area contributed by atoms with Gasteiger partial charge in [0.05, 0.1) is 0 Å². The molecule has 2 aromatic rings. The molecule has 4 aliphatic rings. The van der Waals surface area contributed by atoms with Gasteiger partial charge in [-0.1, -0.05) is 57.4 Å². The predicted molar refractivity (Wildman–Crippen MR) is 84.1 cm³/mol. The molecule has 0 saturated carbocycles. The molecule has 0 nitrogen and oxygen atoms in total.